The van der Waals surface area contributed by atoms with E-state index < -0.39 is 11.6 Å². The van der Waals surface area contributed by atoms with Crippen molar-refractivity contribution in [1.82, 2.24) is 20.1 Å². The van der Waals surface area contributed by atoms with Gasteiger partial charge in [-0.2, -0.15) is 0 Å². The minimum atomic E-state index is -0.916. The number of carbonyl (C=O) groups excluding carboxylic acids is 3. The summed E-state index contributed by atoms with van der Waals surface area (Å²) in [6.07, 6.45) is 0.0843. The van der Waals surface area contributed by atoms with Crippen LogP contribution >= 0.6 is 11.3 Å². The van der Waals surface area contributed by atoms with Crippen molar-refractivity contribution < 1.29 is 14.4 Å². The fraction of sp³-hybridized carbons (Fsp3) is 0.444. The Kier molecular flexibility index (Phi) is 4.70. The number of amides is 4. The number of rotatable bonds is 5. The molecule has 138 valence electrons. The molecule has 1 aliphatic heterocycles. The Morgan fingerprint density at radius 3 is 2.65 bits per heavy atom. The van der Waals surface area contributed by atoms with Gasteiger partial charge in [-0.3, -0.25) is 14.5 Å². The van der Waals surface area contributed by atoms with Gasteiger partial charge in [0.1, 0.15) is 10.5 Å². The average Bonchev–Trinajstić information content (AvgIpc) is 3.11. The largest absolute Gasteiger partial charge is 0.337 e. The van der Waals surface area contributed by atoms with Crippen molar-refractivity contribution in [2.75, 3.05) is 13.6 Å². The van der Waals surface area contributed by atoms with Crippen LogP contribution in [-0.4, -0.2) is 51.8 Å². The van der Waals surface area contributed by atoms with Crippen LogP contribution in [0.1, 0.15) is 38.2 Å². The summed E-state index contributed by atoms with van der Waals surface area (Å²) in [5.74, 6) is -0.445. The second-order valence-electron chi connectivity index (χ2n) is 6.96. The third-order valence-corrected chi connectivity index (χ3v) is 5.84. The van der Waals surface area contributed by atoms with E-state index in [9.17, 15) is 14.4 Å². The molecule has 1 aromatic heterocycles. The first-order valence-electron chi connectivity index (χ1n) is 8.46. The van der Waals surface area contributed by atoms with Crippen LogP contribution in [0.2, 0.25) is 0 Å². The van der Waals surface area contributed by atoms with Gasteiger partial charge in [0, 0.05) is 20.0 Å². The van der Waals surface area contributed by atoms with Crippen LogP contribution in [-0.2, 0) is 9.59 Å². The molecule has 1 atom stereocenters. The van der Waals surface area contributed by atoms with E-state index in [0.717, 1.165) is 20.1 Å². The molecule has 0 unspecified atom stereocenters. The Morgan fingerprint density at radius 1 is 1.35 bits per heavy atom. The van der Waals surface area contributed by atoms with Crippen LogP contribution in [0.5, 0.6) is 0 Å². The van der Waals surface area contributed by atoms with Crippen LogP contribution < -0.4 is 5.32 Å². The number of nitrogens with zero attached hydrogens (tertiary/aromatic N) is 3. The smallest absolute Gasteiger partial charge is 0.325 e. The molecule has 2 heterocycles. The SMILES string of the molecule is C[C@@H](c1nc2ccccc2s1)N(C)C(=O)CCN1C(=O)NC(C)(C)C1=O. The maximum atomic E-state index is 12.5. The molecule has 7 nitrogen and oxygen atoms in total. The molecular weight excluding hydrogens is 352 g/mol. The van der Waals surface area contributed by atoms with Gasteiger partial charge in [0.25, 0.3) is 5.91 Å². The molecule has 1 saturated heterocycles. The summed E-state index contributed by atoms with van der Waals surface area (Å²) in [5, 5.41) is 3.47. The average molecular weight is 374 g/mol. The maximum Gasteiger partial charge on any atom is 0.325 e. The number of para-hydroxylation sites is 1. The van der Waals surface area contributed by atoms with Gasteiger partial charge in [0.2, 0.25) is 5.91 Å². The van der Waals surface area contributed by atoms with Crippen LogP contribution in [0.25, 0.3) is 10.2 Å². The van der Waals surface area contributed by atoms with Crippen molar-refractivity contribution >= 4 is 39.4 Å². The summed E-state index contributed by atoms with van der Waals surface area (Å²) < 4.78 is 1.08. The first-order valence-corrected chi connectivity index (χ1v) is 9.27. The third-order valence-electron chi connectivity index (χ3n) is 4.64. The number of imide groups is 1. The van der Waals surface area contributed by atoms with Gasteiger partial charge in [-0.25, -0.2) is 9.78 Å². The van der Waals surface area contributed by atoms with Gasteiger partial charge in [-0.1, -0.05) is 12.1 Å². The quantitative estimate of drug-likeness (QED) is 0.816. The molecule has 0 bridgehead atoms. The monoisotopic (exact) mass is 374 g/mol. The Labute approximate surface area is 156 Å². The first kappa shape index (κ1) is 18.3. The molecule has 2 aromatic rings. The van der Waals surface area contributed by atoms with Crippen LogP contribution in [0.3, 0.4) is 0 Å². The Hall–Kier alpha value is -2.48. The van der Waals surface area contributed by atoms with Crippen LogP contribution in [0.4, 0.5) is 4.79 Å². The van der Waals surface area contributed by atoms with Gasteiger partial charge in [-0.15, -0.1) is 11.3 Å². The van der Waals surface area contributed by atoms with Crippen molar-refractivity contribution in [3.8, 4) is 0 Å². The van der Waals surface area contributed by atoms with E-state index in [4.69, 9.17) is 0 Å². The highest BCUT2D eigenvalue weighted by Crippen LogP contribution is 2.29. The lowest BCUT2D eigenvalue weighted by atomic mass is 10.1. The fourth-order valence-corrected chi connectivity index (χ4v) is 3.92. The minimum Gasteiger partial charge on any atom is -0.337 e. The molecule has 1 aliphatic rings. The van der Waals surface area contributed by atoms with Crippen molar-refractivity contribution in [2.45, 2.75) is 38.8 Å². The third kappa shape index (κ3) is 3.29. The van der Waals surface area contributed by atoms with Crippen molar-refractivity contribution in [2.24, 2.45) is 0 Å². The standard InChI is InChI=1S/C18H22N4O3S/c1-11(15-19-12-7-5-6-8-13(12)26-15)21(4)14(23)9-10-22-16(24)18(2,3)20-17(22)25/h5-8,11H,9-10H2,1-4H3,(H,20,25)/t11-/m0/s1. The van der Waals surface area contributed by atoms with E-state index in [1.54, 1.807) is 37.1 Å². The van der Waals surface area contributed by atoms with Crippen molar-refractivity contribution in [3.05, 3.63) is 29.3 Å². The van der Waals surface area contributed by atoms with E-state index >= 15 is 0 Å². The highest BCUT2D eigenvalue weighted by molar-refractivity contribution is 7.18. The van der Waals surface area contributed by atoms with E-state index in [2.05, 4.69) is 10.3 Å². The van der Waals surface area contributed by atoms with Gasteiger partial charge >= 0.3 is 6.03 Å². The topological polar surface area (TPSA) is 82.6 Å². The molecule has 8 heteroatoms. The zero-order chi connectivity index (χ0) is 19.1. The number of aromatic nitrogens is 1. The summed E-state index contributed by atoms with van der Waals surface area (Å²) in [7, 11) is 1.72. The fourth-order valence-electron chi connectivity index (χ4n) is 2.86. The van der Waals surface area contributed by atoms with Crippen molar-refractivity contribution in [3.63, 3.8) is 0 Å². The number of carbonyl (C=O) groups is 3. The number of urea groups is 1. The lowest BCUT2D eigenvalue weighted by molar-refractivity contribution is -0.133. The second-order valence-corrected chi connectivity index (χ2v) is 8.02. The molecule has 1 N–H and O–H groups in total. The van der Waals surface area contributed by atoms with E-state index in [1.807, 2.05) is 31.2 Å². The van der Waals surface area contributed by atoms with E-state index in [0.29, 0.717) is 0 Å². The molecular formula is C18H22N4O3S. The minimum absolute atomic E-state index is 0.0732. The summed E-state index contributed by atoms with van der Waals surface area (Å²) in [6.45, 7) is 5.29. The number of thiazole rings is 1. The van der Waals surface area contributed by atoms with Crippen LogP contribution in [0, 0.1) is 0 Å². The zero-order valence-corrected chi connectivity index (χ0v) is 16.1. The molecule has 0 saturated carbocycles. The normalized spacial score (nSPS) is 17.5. The van der Waals surface area contributed by atoms with Gasteiger partial charge in [-0.05, 0) is 32.9 Å². The zero-order valence-electron chi connectivity index (χ0n) is 15.3. The summed E-state index contributed by atoms with van der Waals surface area (Å²) in [4.78, 5) is 43.9. The number of hydrogen-bond donors (Lipinski definition) is 1. The predicted molar refractivity (Wildman–Crippen MR) is 99.7 cm³/mol. The molecule has 3 rings (SSSR count). The lowest BCUT2D eigenvalue weighted by Gasteiger charge is -2.24. The molecule has 0 aliphatic carbocycles. The second kappa shape index (κ2) is 6.68. The Balaban J connectivity index is 1.64. The Morgan fingerprint density at radius 2 is 2.04 bits per heavy atom. The lowest BCUT2D eigenvalue weighted by Crippen LogP contribution is -2.41. The van der Waals surface area contributed by atoms with E-state index in [-0.39, 0.29) is 30.8 Å². The van der Waals surface area contributed by atoms with Gasteiger partial charge in [0.05, 0.1) is 16.3 Å². The molecule has 1 fully saturated rings. The predicted octanol–water partition coefficient (Wildman–Crippen LogP) is 2.54. The Bertz CT molecular complexity index is 843. The number of hydrogen-bond acceptors (Lipinski definition) is 5. The maximum absolute atomic E-state index is 12.5. The summed E-state index contributed by atoms with van der Waals surface area (Å²) in [6, 6.07) is 7.22. The number of fused-ring (bicyclic) bond motifs is 1. The summed E-state index contributed by atoms with van der Waals surface area (Å²) >= 11 is 1.56. The molecule has 1 aromatic carbocycles. The highest BCUT2D eigenvalue weighted by Gasteiger charge is 2.44. The van der Waals surface area contributed by atoms with Crippen LogP contribution in [0.15, 0.2) is 24.3 Å². The molecule has 0 radical (unpaired) electrons. The highest BCUT2D eigenvalue weighted by atomic mass is 32.1. The van der Waals surface area contributed by atoms with Gasteiger partial charge < -0.3 is 10.2 Å². The number of benzene rings is 1. The summed E-state index contributed by atoms with van der Waals surface area (Å²) in [5.41, 5.74) is 0.00195. The molecule has 0 spiro atoms. The van der Waals surface area contributed by atoms with Gasteiger partial charge in [0.15, 0.2) is 0 Å². The van der Waals surface area contributed by atoms with E-state index in [1.165, 1.54) is 0 Å². The van der Waals surface area contributed by atoms with Crippen molar-refractivity contribution in [1.29, 1.82) is 0 Å². The molecule has 4 amide bonds. The molecule has 26 heavy (non-hydrogen) atoms. The first-order chi connectivity index (χ1) is 12.2. The number of nitrogens with one attached hydrogen (secondary N) is 1.